The van der Waals surface area contributed by atoms with Crippen LogP contribution in [0.3, 0.4) is 0 Å². The first-order valence-corrected chi connectivity index (χ1v) is 7.45. The summed E-state index contributed by atoms with van der Waals surface area (Å²) in [6.45, 7) is 0. The number of methoxy groups -OCH3 is 1. The maximum absolute atomic E-state index is 11.9. The minimum Gasteiger partial charge on any atom is -0.464 e. The fraction of sp³-hybridized carbons (Fsp3) is 0.105. The van der Waals surface area contributed by atoms with Gasteiger partial charge in [-0.05, 0) is 11.6 Å². The minimum absolute atomic E-state index is 0.108. The SMILES string of the molecule is COC(=O)c1cc(C(O)c2ccccc2)nc(-c2ccccc2)n1. The van der Waals surface area contributed by atoms with Gasteiger partial charge in [-0.1, -0.05) is 60.7 Å². The van der Waals surface area contributed by atoms with Gasteiger partial charge in [0.05, 0.1) is 12.8 Å². The zero-order chi connectivity index (χ0) is 16.9. The van der Waals surface area contributed by atoms with Crippen molar-refractivity contribution in [1.82, 2.24) is 9.97 Å². The van der Waals surface area contributed by atoms with Crippen molar-refractivity contribution in [3.8, 4) is 11.4 Å². The largest absolute Gasteiger partial charge is 0.464 e. The van der Waals surface area contributed by atoms with Gasteiger partial charge in [0, 0.05) is 5.56 Å². The third-order valence-electron chi connectivity index (χ3n) is 3.57. The van der Waals surface area contributed by atoms with Crippen LogP contribution in [0.15, 0.2) is 66.7 Å². The third-order valence-corrected chi connectivity index (χ3v) is 3.57. The van der Waals surface area contributed by atoms with Crippen LogP contribution in [0.1, 0.15) is 27.8 Å². The molecule has 0 saturated heterocycles. The fourth-order valence-electron chi connectivity index (χ4n) is 2.34. The Morgan fingerprint density at radius 3 is 2.25 bits per heavy atom. The van der Waals surface area contributed by atoms with Crippen molar-refractivity contribution in [2.75, 3.05) is 7.11 Å². The molecule has 1 atom stereocenters. The number of hydrogen-bond donors (Lipinski definition) is 1. The predicted octanol–water partition coefficient (Wildman–Crippen LogP) is 3.01. The molecule has 3 rings (SSSR count). The average Bonchev–Trinajstić information content (AvgIpc) is 2.67. The summed E-state index contributed by atoms with van der Waals surface area (Å²) in [5.41, 5.74) is 1.89. The van der Waals surface area contributed by atoms with E-state index in [2.05, 4.69) is 9.97 Å². The second-order valence-corrected chi connectivity index (χ2v) is 5.17. The van der Waals surface area contributed by atoms with Crippen molar-refractivity contribution < 1.29 is 14.6 Å². The standard InChI is InChI=1S/C19H16N2O3/c1-24-19(23)16-12-15(17(22)13-8-4-2-5-9-13)20-18(21-16)14-10-6-3-7-11-14/h2-12,17,22H,1H3. The molecule has 0 radical (unpaired) electrons. The normalized spacial score (nSPS) is 11.8. The van der Waals surface area contributed by atoms with E-state index in [1.807, 2.05) is 48.5 Å². The Hall–Kier alpha value is -3.05. The van der Waals surface area contributed by atoms with Crippen LogP contribution in [0.2, 0.25) is 0 Å². The lowest BCUT2D eigenvalue weighted by Crippen LogP contribution is -2.11. The van der Waals surface area contributed by atoms with E-state index in [9.17, 15) is 9.90 Å². The summed E-state index contributed by atoms with van der Waals surface area (Å²) in [4.78, 5) is 20.6. The minimum atomic E-state index is -0.958. The molecule has 1 N–H and O–H groups in total. The van der Waals surface area contributed by atoms with E-state index in [4.69, 9.17) is 4.74 Å². The van der Waals surface area contributed by atoms with Crippen molar-refractivity contribution in [2.45, 2.75) is 6.10 Å². The van der Waals surface area contributed by atoms with Crippen molar-refractivity contribution in [2.24, 2.45) is 0 Å². The van der Waals surface area contributed by atoms with Crippen LogP contribution >= 0.6 is 0 Å². The summed E-state index contributed by atoms with van der Waals surface area (Å²) in [7, 11) is 1.29. The molecule has 0 bridgehead atoms. The smallest absolute Gasteiger partial charge is 0.356 e. The van der Waals surface area contributed by atoms with E-state index in [1.165, 1.54) is 13.2 Å². The van der Waals surface area contributed by atoms with Gasteiger partial charge in [-0.25, -0.2) is 14.8 Å². The van der Waals surface area contributed by atoms with Crippen molar-refractivity contribution in [3.05, 3.63) is 83.7 Å². The van der Waals surface area contributed by atoms with Crippen molar-refractivity contribution >= 4 is 5.97 Å². The third kappa shape index (κ3) is 3.31. The number of rotatable bonds is 4. The zero-order valence-electron chi connectivity index (χ0n) is 13.1. The van der Waals surface area contributed by atoms with Gasteiger partial charge >= 0.3 is 5.97 Å². The molecule has 1 heterocycles. The quantitative estimate of drug-likeness (QED) is 0.748. The molecule has 0 aliphatic rings. The highest BCUT2D eigenvalue weighted by Crippen LogP contribution is 2.24. The summed E-state index contributed by atoms with van der Waals surface area (Å²) >= 11 is 0. The lowest BCUT2D eigenvalue weighted by molar-refractivity contribution is 0.0593. The van der Waals surface area contributed by atoms with Crippen LogP contribution < -0.4 is 0 Å². The summed E-state index contributed by atoms with van der Waals surface area (Å²) in [6, 6.07) is 19.9. The number of esters is 1. The molecular formula is C19H16N2O3. The number of hydrogen-bond acceptors (Lipinski definition) is 5. The molecule has 0 spiro atoms. The van der Waals surface area contributed by atoms with E-state index < -0.39 is 12.1 Å². The van der Waals surface area contributed by atoms with Crippen LogP contribution in [-0.2, 0) is 4.74 Å². The number of aromatic nitrogens is 2. The number of nitrogens with zero attached hydrogens (tertiary/aromatic N) is 2. The highest BCUT2D eigenvalue weighted by atomic mass is 16.5. The van der Waals surface area contributed by atoms with Gasteiger partial charge in [-0.2, -0.15) is 0 Å². The van der Waals surface area contributed by atoms with Gasteiger partial charge in [0.15, 0.2) is 11.5 Å². The molecule has 0 saturated carbocycles. The summed E-state index contributed by atoms with van der Waals surface area (Å²) < 4.78 is 4.76. The summed E-state index contributed by atoms with van der Waals surface area (Å²) in [5, 5.41) is 10.6. The summed E-state index contributed by atoms with van der Waals surface area (Å²) in [6.07, 6.45) is -0.958. The molecule has 24 heavy (non-hydrogen) atoms. The van der Waals surface area contributed by atoms with Crippen LogP contribution in [0, 0.1) is 0 Å². The molecule has 0 fully saturated rings. The zero-order valence-corrected chi connectivity index (χ0v) is 13.1. The maximum atomic E-state index is 11.9. The van der Waals surface area contributed by atoms with Gasteiger partial charge in [-0.3, -0.25) is 0 Å². The van der Waals surface area contributed by atoms with Crippen LogP contribution in [0.4, 0.5) is 0 Å². The first kappa shape index (κ1) is 15.8. The molecule has 0 aliphatic heterocycles. The van der Waals surface area contributed by atoms with Crippen LogP contribution in [0.25, 0.3) is 11.4 Å². The number of carbonyl (C=O) groups is 1. The Bertz CT molecular complexity index is 836. The summed E-state index contributed by atoms with van der Waals surface area (Å²) in [5.74, 6) is -0.209. The second kappa shape index (κ2) is 7.02. The highest BCUT2D eigenvalue weighted by molar-refractivity contribution is 5.87. The fourth-order valence-corrected chi connectivity index (χ4v) is 2.34. The van der Waals surface area contributed by atoms with E-state index in [0.29, 0.717) is 17.1 Å². The van der Waals surface area contributed by atoms with Gasteiger partial charge in [0.1, 0.15) is 6.10 Å². The highest BCUT2D eigenvalue weighted by Gasteiger charge is 2.18. The van der Waals surface area contributed by atoms with Crippen molar-refractivity contribution in [3.63, 3.8) is 0 Å². The Labute approximate surface area is 139 Å². The molecule has 1 aromatic heterocycles. The molecule has 0 amide bonds. The molecule has 5 heteroatoms. The first-order chi connectivity index (χ1) is 11.7. The first-order valence-electron chi connectivity index (χ1n) is 7.45. The predicted molar refractivity (Wildman–Crippen MR) is 89.3 cm³/mol. The van der Waals surface area contributed by atoms with E-state index in [-0.39, 0.29) is 5.69 Å². The molecule has 1 unspecified atom stereocenters. The van der Waals surface area contributed by atoms with Crippen LogP contribution in [-0.4, -0.2) is 28.2 Å². The van der Waals surface area contributed by atoms with Gasteiger partial charge in [0.25, 0.3) is 0 Å². The monoisotopic (exact) mass is 320 g/mol. The lowest BCUT2D eigenvalue weighted by Gasteiger charge is -2.13. The number of carbonyl (C=O) groups excluding carboxylic acids is 1. The number of aliphatic hydroxyl groups is 1. The topological polar surface area (TPSA) is 72.3 Å². The lowest BCUT2D eigenvalue weighted by atomic mass is 10.1. The van der Waals surface area contributed by atoms with Gasteiger partial charge < -0.3 is 9.84 Å². The molecule has 3 aromatic rings. The molecule has 2 aromatic carbocycles. The molecule has 0 aliphatic carbocycles. The average molecular weight is 320 g/mol. The van der Waals surface area contributed by atoms with E-state index >= 15 is 0 Å². The van der Waals surface area contributed by atoms with Crippen molar-refractivity contribution in [1.29, 1.82) is 0 Å². The number of benzene rings is 2. The Kier molecular flexibility index (Phi) is 4.63. The number of aliphatic hydroxyl groups excluding tert-OH is 1. The van der Waals surface area contributed by atoms with Gasteiger partial charge in [-0.15, -0.1) is 0 Å². The Morgan fingerprint density at radius 2 is 1.62 bits per heavy atom. The molecular weight excluding hydrogens is 304 g/mol. The van der Waals surface area contributed by atoms with E-state index in [0.717, 1.165) is 5.56 Å². The Balaban J connectivity index is 2.10. The maximum Gasteiger partial charge on any atom is 0.356 e. The second-order valence-electron chi connectivity index (χ2n) is 5.17. The van der Waals surface area contributed by atoms with E-state index in [1.54, 1.807) is 12.1 Å². The molecule has 5 nitrogen and oxygen atoms in total. The Morgan fingerprint density at radius 1 is 1.00 bits per heavy atom. The number of ether oxygens (including phenoxy) is 1. The molecule has 120 valence electrons. The van der Waals surface area contributed by atoms with Gasteiger partial charge in [0.2, 0.25) is 0 Å². The van der Waals surface area contributed by atoms with Crippen LogP contribution in [0.5, 0.6) is 0 Å².